The molecule has 30 heavy (non-hydrogen) atoms. The number of aliphatic hydroxyl groups excluding tert-OH is 1. The molecular formula is C24H35FN2O3. The Morgan fingerprint density at radius 3 is 2.50 bits per heavy atom. The van der Waals surface area contributed by atoms with E-state index in [1.165, 1.54) is 19.1 Å². The van der Waals surface area contributed by atoms with Crippen molar-refractivity contribution in [2.75, 3.05) is 0 Å². The largest absolute Gasteiger partial charge is 0.392 e. The normalized spacial score (nSPS) is 34.5. The van der Waals surface area contributed by atoms with Gasteiger partial charge in [0.25, 0.3) is 0 Å². The van der Waals surface area contributed by atoms with Gasteiger partial charge in [0.05, 0.1) is 6.10 Å². The molecule has 0 unspecified atom stereocenters. The van der Waals surface area contributed by atoms with Crippen molar-refractivity contribution in [1.29, 1.82) is 0 Å². The second kappa shape index (κ2) is 9.04. The number of hydrogen-bond donors (Lipinski definition) is 3. The van der Waals surface area contributed by atoms with E-state index < -0.39 is 6.10 Å². The standard InChI is InChI=1S/C24H35FN2O3/c1-14(23(30)26-13-17-5-7-18(25)8-6-17)19-9-11-24(4)12-10-20(27-16(3)28)15(2)21(24)22(19)29/h5-8,14-15,19-22,29H,9-13H2,1-4H3,(H,26,30)(H,27,28)/t14-,15+,19-,20-,21+,22-,24-/m0/s1. The van der Waals surface area contributed by atoms with Crippen LogP contribution in [0.3, 0.4) is 0 Å². The summed E-state index contributed by atoms with van der Waals surface area (Å²) in [5, 5.41) is 17.3. The first-order valence-electron chi connectivity index (χ1n) is 11.1. The Bertz CT molecular complexity index is 768. The molecule has 0 bridgehead atoms. The van der Waals surface area contributed by atoms with Crippen LogP contribution < -0.4 is 10.6 Å². The number of carbonyl (C=O) groups is 2. The predicted molar refractivity (Wildman–Crippen MR) is 114 cm³/mol. The molecule has 166 valence electrons. The first-order chi connectivity index (χ1) is 14.1. The molecule has 1 aromatic rings. The van der Waals surface area contributed by atoms with Gasteiger partial charge in [0.15, 0.2) is 0 Å². The van der Waals surface area contributed by atoms with E-state index in [1.807, 2.05) is 6.92 Å². The molecule has 2 aliphatic rings. The van der Waals surface area contributed by atoms with Gasteiger partial charge in [-0.1, -0.05) is 32.9 Å². The highest BCUT2D eigenvalue weighted by molar-refractivity contribution is 5.78. The van der Waals surface area contributed by atoms with E-state index in [1.54, 1.807) is 12.1 Å². The van der Waals surface area contributed by atoms with Crippen molar-refractivity contribution < 1.29 is 19.1 Å². The van der Waals surface area contributed by atoms with Crippen molar-refractivity contribution in [1.82, 2.24) is 10.6 Å². The topological polar surface area (TPSA) is 78.4 Å². The number of amides is 2. The number of benzene rings is 1. The summed E-state index contributed by atoms with van der Waals surface area (Å²) in [6.07, 6.45) is 3.12. The molecule has 0 aliphatic heterocycles. The third-order valence-corrected chi connectivity index (χ3v) is 7.71. The fraction of sp³-hybridized carbons (Fsp3) is 0.667. The Kier molecular flexibility index (Phi) is 6.85. The second-order valence-corrected chi connectivity index (χ2v) is 9.71. The van der Waals surface area contributed by atoms with Gasteiger partial charge in [-0.2, -0.15) is 0 Å². The number of nitrogens with one attached hydrogen (secondary N) is 2. The van der Waals surface area contributed by atoms with E-state index in [9.17, 15) is 19.1 Å². The molecule has 1 aromatic carbocycles. The zero-order valence-corrected chi connectivity index (χ0v) is 18.5. The maximum Gasteiger partial charge on any atom is 0.223 e. The average molecular weight is 419 g/mol. The molecular weight excluding hydrogens is 383 g/mol. The highest BCUT2D eigenvalue weighted by atomic mass is 19.1. The molecule has 0 saturated heterocycles. The first-order valence-corrected chi connectivity index (χ1v) is 11.1. The van der Waals surface area contributed by atoms with E-state index in [0.29, 0.717) is 6.54 Å². The predicted octanol–water partition coefficient (Wildman–Crippen LogP) is 3.41. The average Bonchev–Trinajstić information content (AvgIpc) is 2.69. The lowest BCUT2D eigenvalue weighted by atomic mass is 9.51. The number of aliphatic hydroxyl groups is 1. The van der Waals surface area contributed by atoms with E-state index in [2.05, 4.69) is 24.5 Å². The number of fused-ring (bicyclic) bond motifs is 1. The highest BCUT2D eigenvalue weighted by Crippen LogP contribution is 2.55. The fourth-order valence-electron chi connectivity index (χ4n) is 5.91. The monoisotopic (exact) mass is 418 g/mol. The van der Waals surface area contributed by atoms with Gasteiger partial charge in [-0.05, 0) is 66.5 Å². The molecule has 3 N–H and O–H groups in total. The first kappa shape index (κ1) is 22.7. The van der Waals surface area contributed by atoms with Gasteiger partial charge >= 0.3 is 0 Å². The van der Waals surface area contributed by atoms with Gasteiger partial charge in [0.1, 0.15) is 5.82 Å². The molecule has 0 spiro atoms. The molecule has 2 amide bonds. The molecule has 2 aliphatic carbocycles. The Morgan fingerprint density at radius 2 is 1.87 bits per heavy atom. The number of carbonyl (C=O) groups excluding carboxylic acids is 2. The lowest BCUT2D eigenvalue weighted by Gasteiger charge is -2.56. The van der Waals surface area contributed by atoms with Crippen molar-refractivity contribution in [2.24, 2.45) is 29.1 Å². The molecule has 2 fully saturated rings. The van der Waals surface area contributed by atoms with Crippen LogP contribution in [0.2, 0.25) is 0 Å². The molecule has 5 nitrogen and oxygen atoms in total. The SMILES string of the molecule is CC(=O)N[C@H]1CC[C@]2(C)CC[C@@H]([C@H](C)C(=O)NCc3ccc(F)cc3)[C@H](O)[C@H]2[C@@H]1C. The van der Waals surface area contributed by atoms with E-state index in [4.69, 9.17) is 0 Å². The van der Waals surface area contributed by atoms with Gasteiger partial charge in [0, 0.05) is 25.4 Å². The van der Waals surface area contributed by atoms with Gasteiger partial charge in [-0.15, -0.1) is 0 Å². The van der Waals surface area contributed by atoms with Crippen molar-refractivity contribution >= 4 is 11.8 Å². The molecule has 0 aromatic heterocycles. The Labute approximate surface area is 178 Å². The van der Waals surface area contributed by atoms with Crippen LogP contribution in [0.1, 0.15) is 58.9 Å². The molecule has 0 heterocycles. The van der Waals surface area contributed by atoms with Crippen LogP contribution in [-0.2, 0) is 16.1 Å². The van der Waals surface area contributed by atoms with Gasteiger partial charge < -0.3 is 15.7 Å². The minimum atomic E-state index is -0.582. The Balaban J connectivity index is 1.66. The van der Waals surface area contributed by atoms with E-state index in [0.717, 1.165) is 31.2 Å². The van der Waals surface area contributed by atoms with E-state index >= 15 is 0 Å². The molecule has 0 radical (unpaired) electrons. The molecule has 6 heteroatoms. The van der Waals surface area contributed by atoms with Crippen LogP contribution >= 0.6 is 0 Å². The maximum atomic E-state index is 13.1. The summed E-state index contributed by atoms with van der Waals surface area (Å²) in [6.45, 7) is 8.13. The Hall–Kier alpha value is -1.95. The lowest BCUT2D eigenvalue weighted by Crippen LogP contribution is -2.58. The van der Waals surface area contributed by atoms with Gasteiger partial charge in [-0.3, -0.25) is 9.59 Å². The smallest absolute Gasteiger partial charge is 0.223 e. The van der Waals surface area contributed by atoms with Crippen molar-refractivity contribution in [3.63, 3.8) is 0 Å². The third-order valence-electron chi connectivity index (χ3n) is 7.71. The van der Waals surface area contributed by atoms with Gasteiger partial charge in [0.2, 0.25) is 11.8 Å². The summed E-state index contributed by atoms with van der Waals surface area (Å²) < 4.78 is 13.1. The third kappa shape index (κ3) is 4.69. The molecule has 7 atom stereocenters. The van der Waals surface area contributed by atoms with Crippen molar-refractivity contribution in [3.05, 3.63) is 35.6 Å². The lowest BCUT2D eigenvalue weighted by molar-refractivity contribution is -0.143. The van der Waals surface area contributed by atoms with Crippen LogP contribution in [0.15, 0.2) is 24.3 Å². The Morgan fingerprint density at radius 1 is 1.23 bits per heavy atom. The van der Waals surface area contributed by atoms with Crippen LogP contribution in [0.25, 0.3) is 0 Å². The molecule has 2 saturated carbocycles. The minimum absolute atomic E-state index is 0.0363. The van der Waals surface area contributed by atoms with Gasteiger partial charge in [-0.25, -0.2) is 4.39 Å². The quantitative estimate of drug-likeness (QED) is 0.686. The number of halogens is 1. The summed E-state index contributed by atoms with van der Waals surface area (Å²) >= 11 is 0. The van der Waals surface area contributed by atoms with Crippen molar-refractivity contribution in [3.8, 4) is 0 Å². The summed E-state index contributed by atoms with van der Waals surface area (Å²) in [5.41, 5.74) is 0.877. The number of hydrogen-bond acceptors (Lipinski definition) is 3. The summed E-state index contributed by atoms with van der Waals surface area (Å²) in [7, 11) is 0. The van der Waals surface area contributed by atoms with Crippen LogP contribution in [0.4, 0.5) is 4.39 Å². The second-order valence-electron chi connectivity index (χ2n) is 9.71. The van der Waals surface area contributed by atoms with Crippen LogP contribution in [0.5, 0.6) is 0 Å². The fourth-order valence-corrected chi connectivity index (χ4v) is 5.91. The summed E-state index contributed by atoms with van der Waals surface area (Å²) in [5.74, 6) is -0.659. The van der Waals surface area contributed by atoms with Crippen LogP contribution in [0, 0.1) is 34.9 Å². The highest BCUT2D eigenvalue weighted by Gasteiger charge is 2.53. The summed E-state index contributed by atoms with van der Waals surface area (Å²) in [4.78, 5) is 24.4. The zero-order chi connectivity index (χ0) is 22.1. The molecule has 3 rings (SSSR count). The minimum Gasteiger partial charge on any atom is -0.392 e. The summed E-state index contributed by atoms with van der Waals surface area (Å²) in [6, 6.07) is 6.15. The number of rotatable bonds is 5. The maximum absolute atomic E-state index is 13.1. The zero-order valence-electron chi connectivity index (χ0n) is 18.5. The van der Waals surface area contributed by atoms with Crippen molar-refractivity contribution in [2.45, 2.75) is 72.1 Å². The van der Waals surface area contributed by atoms with E-state index in [-0.39, 0.29) is 52.8 Å². The van der Waals surface area contributed by atoms with Crippen LogP contribution in [-0.4, -0.2) is 29.1 Å².